The molecule has 0 spiro atoms. The summed E-state index contributed by atoms with van der Waals surface area (Å²) in [5, 5.41) is 3.62. The van der Waals surface area contributed by atoms with Crippen molar-refractivity contribution in [3.63, 3.8) is 0 Å². The van der Waals surface area contributed by atoms with Crippen molar-refractivity contribution < 1.29 is 18.0 Å². The molecule has 1 aliphatic carbocycles. The van der Waals surface area contributed by atoms with E-state index in [4.69, 9.17) is 11.6 Å². The van der Waals surface area contributed by atoms with E-state index in [2.05, 4.69) is 21.2 Å². The quantitative estimate of drug-likeness (QED) is 0.279. The number of hydrogen-bond donors (Lipinski definition) is 1. The normalized spacial score (nSPS) is 14.4. The monoisotopic (exact) mass is 659 g/mol. The molecule has 2 amide bonds. The number of aryl methyl sites for hydroxylation is 1. The number of benzene rings is 3. The second-order valence-corrected chi connectivity index (χ2v) is 13.7. The molecule has 0 radical (unpaired) electrons. The highest BCUT2D eigenvalue weighted by atomic mass is 79.9. The number of rotatable bonds is 11. The van der Waals surface area contributed by atoms with Crippen molar-refractivity contribution in [1.82, 2.24) is 10.2 Å². The summed E-state index contributed by atoms with van der Waals surface area (Å²) in [6.45, 7) is 1.43. The Bertz CT molecular complexity index is 1480. The first-order valence-electron chi connectivity index (χ1n) is 13.6. The van der Waals surface area contributed by atoms with Gasteiger partial charge in [0, 0.05) is 28.5 Å². The van der Waals surface area contributed by atoms with Gasteiger partial charge in [0.15, 0.2) is 0 Å². The van der Waals surface area contributed by atoms with Crippen LogP contribution in [0.2, 0.25) is 5.02 Å². The first kappa shape index (κ1) is 31.1. The Morgan fingerprint density at radius 3 is 2.32 bits per heavy atom. The van der Waals surface area contributed by atoms with Gasteiger partial charge in [-0.1, -0.05) is 88.9 Å². The summed E-state index contributed by atoms with van der Waals surface area (Å²) in [5.41, 5.74) is 2.75. The van der Waals surface area contributed by atoms with Crippen molar-refractivity contribution in [3.8, 4) is 0 Å². The van der Waals surface area contributed by atoms with Gasteiger partial charge in [-0.05, 0) is 60.7 Å². The zero-order valence-electron chi connectivity index (χ0n) is 23.2. The second kappa shape index (κ2) is 13.9. The third kappa shape index (κ3) is 8.33. The second-order valence-electron chi connectivity index (χ2n) is 10.5. The Kier molecular flexibility index (Phi) is 10.5. The first-order chi connectivity index (χ1) is 19.5. The molecular formula is C31H35BrClN3O4S. The average Bonchev–Trinajstić information content (AvgIpc) is 3.44. The summed E-state index contributed by atoms with van der Waals surface area (Å²) in [5.74, 6) is -0.759. The molecule has 4 rings (SSSR count). The molecule has 1 aliphatic rings. The van der Waals surface area contributed by atoms with Crippen LogP contribution in [0.3, 0.4) is 0 Å². The van der Waals surface area contributed by atoms with Gasteiger partial charge in [-0.25, -0.2) is 8.42 Å². The minimum absolute atomic E-state index is 0.0467. The van der Waals surface area contributed by atoms with Gasteiger partial charge in [0.25, 0.3) is 0 Å². The van der Waals surface area contributed by atoms with Crippen LogP contribution in [0.5, 0.6) is 0 Å². The number of halogens is 2. The highest BCUT2D eigenvalue weighted by Crippen LogP contribution is 2.26. The molecular weight excluding hydrogens is 626 g/mol. The molecule has 0 aliphatic heterocycles. The number of sulfonamides is 1. The Morgan fingerprint density at radius 2 is 1.68 bits per heavy atom. The van der Waals surface area contributed by atoms with E-state index in [1.54, 1.807) is 30.3 Å². The summed E-state index contributed by atoms with van der Waals surface area (Å²) < 4.78 is 27.8. The number of nitrogens with zero attached hydrogens (tertiary/aromatic N) is 2. The number of amides is 2. The predicted octanol–water partition coefficient (Wildman–Crippen LogP) is 5.88. The third-order valence-corrected chi connectivity index (χ3v) is 9.78. The average molecular weight is 661 g/mol. The van der Waals surface area contributed by atoms with Gasteiger partial charge in [0.1, 0.15) is 12.6 Å². The lowest BCUT2D eigenvalue weighted by Gasteiger charge is -2.34. The van der Waals surface area contributed by atoms with E-state index in [0.717, 1.165) is 51.8 Å². The maximum Gasteiger partial charge on any atom is 0.244 e. The Balaban J connectivity index is 1.74. The van der Waals surface area contributed by atoms with Crippen molar-refractivity contribution in [2.24, 2.45) is 0 Å². The summed E-state index contributed by atoms with van der Waals surface area (Å²) in [7, 11) is -3.84. The van der Waals surface area contributed by atoms with Crippen LogP contribution in [0.25, 0.3) is 0 Å². The zero-order valence-corrected chi connectivity index (χ0v) is 26.4. The van der Waals surface area contributed by atoms with Gasteiger partial charge in [-0.2, -0.15) is 0 Å². The fourth-order valence-corrected chi connectivity index (χ4v) is 6.41. The fraction of sp³-hybridized carbons (Fsp3) is 0.355. The van der Waals surface area contributed by atoms with E-state index < -0.39 is 28.5 Å². The van der Waals surface area contributed by atoms with Crippen LogP contribution >= 0.6 is 27.5 Å². The van der Waals surface area contributed by atoms with Gasteiger partial charge < -0.3 is 10.2 Å². The molecule has 0 unspecified atom stereocenters. The molecule has 1 N–H and O–H groups in total. The molecule has 1 fully saturated rings. The number of carbonyl (C=O) groups excluding carboxylic acids is 2. The topological polar surface area (TPSA) is 86.8 Å². The van der Waals surface area contributed by atoms with Crippen molar-refractivity contribution in [3.05, 3.63) is 99.0 Å². The number of carbonyl (C=O) groups is 2. The molecule has 0 aromatic heterocycles. The molecule has 7 nitrogen and oxygen atoms in total. The van der Waals surface area contributed by atoms with Gasteiger partial charge in [0.2, 0.25) is 21.8 Å². The Hall–Kier alpha value is -2.88. The van der Waals surface area contributed by atoms with Crippen LogP contribution in [0.1, 0.15) is 42.4 Å². The van der Waals surface area contributed by atoms with Crippen molar-refractivity contribution in [2.45, 2.75) is 57.7 Å². The fourth-order valence-electron chi connectivity index (χ4n) is 5.13. The van der Waals surface area contributed by atoms with E-state index >= 15 is 0 Å². The highest BCUT2D eigenvalue weighted by Gasteiger charge is 2.34. The lowest BCUT2D eigenvalue weighted by atomic mass is 10.0. The Labute approximate surface area is 256 Å². The van der Waals surface area contributed by atoms with Crippen LogP contribution in [0.15, 0.2) is 77.3 Å². The number of hydrogen-bond acceptors (Lipinski definition) is 4. The zero-order chi connectivity index (χ0) is 29.6. The minimum atomic E-state index is -3.84. The summed E-state index contributed by atoms with van der Waals surface area (Å²) >= 11 is 9.96. The van der Waals surface area contributed by atoms with Crippen molar-refractivity contribution in [1.29, 1.82) is 0 Å². The molecule has 1 saturated carbocycles. The van der Waals surface area contributed by atoms with Crippen LogP contribution in [0.4, 0.5) is 5.69 Å². The molecule has 0 saturated heterocycles. The molecule has 41 heavy (non-hydrogen) atoms. The molecule has 1 atom stereocenters. The summed E-state index contributed by atoms with van der Waals surface area (Å²) in [6.07, 6.45) is 5.23. The molecule has 3 aromatic rings. The van der Waals surface area contributed by atoms with E-state index in [1.807, 2.05) is 49.4 Å². The number of nitrogens with one attached hydrogen (secondary N) is 1. The SMILES string of the molecule is Cc1cc(N(CC(=O)N(Cc2ccccc2Cl)[C@@H](Cc2ccccc2)C(=O)NC2CCCC2)S(C)(=O)=O)ccc1Br. The van der Waals surface area contributed by atoms with Gasteiger partial charge in [0.05, 0.1) is 11.9 Å². The molecule has 0 heterocycles. The van der Waals surface area contributed by atoms with Crippen molar-refractivity contribution in [2.75, 3.05) is 17.1 Å². The molecule has 0 bridgehead atoms. The Morgan fingerprint density at radius 1 is 1.02 bits per heavy atom. The largest absolute Gasteiger partial charge is 0.352 e. The van der Waals surface area contributed by atoms with Gasteiger partial charge in [-0.15, -0.1) is 0 Å². The van der Waals surface area contributed by atoms with Crippen LogP contribution in [-0.4, -0.2) is 50.0 Å². The van der Waals surface area contributed by atoms with Crippen LogP contribution in [-0.2, 0) is 32.6 Å². The molecule has 218 valence electrons. The summed E-state index contributed by atoms with van der Waals surface area (Å²) in [6, 6.07) is 21.0. The molecule has 10 heteroatoms. The standard InChI is InChI=1S/C31H35BrClN3O4S/c1-22-18-26(16-17-27(22)32)36(41(2,39)40)21-30(37)35(20-24-12-6-9-15-28(24)33)29(19-23-10-4-3-5-11-23)31(38)34-25-13-7-8-14-25/h3-6,9-12,15-18,25,29H,7-8,13-14,19-21H2,1-2H3,(H,34,38)/t29-/m0/s1. The third-order valence-electron chi connectivity index (χ3n) is 7.38. The predicted molar refractivity (Wildman–Crippen MR) is 167 cm³/mol. The van der Waals surface area contributed by atoms with Crippen LogP contribution in [0, 0.1) is 6.92 Å². The smallest absolute Gasteiger partial charge is 0.244 e. The minimum Gasteiger partial charge on any atom is -0.352 e. The molecule has 3 aromatic carbocycles. The lowest BCUT2D eigenvalue weighted by Crippen LogP contribution is -2.54. The summed E-state index contributed by atoms with van der Waals surface area (Å²) in [4.78, 5) is 29.6. The van der Waals surface area contributed by atoms with E-state index in [9.17, 15) is 18.0 Å². The maximum absolute atomic E-state index is 14.2. The van der Waals surface area contributed by atoms with Gasteiger partial charge in [-0.3, -0.25) is 13.9 Å². The van der Waals surface area contributed by atoms with Gasteiger partial charge >= 0.3 is 0 Å². The maximum atomic E-state index is 14.2. The van der Waals surface area contributed by atoms with Crippen molar-refractivity contribution >= 4 is 55.1 Å². The van der Waals surface area contributed by atoms with E-state index in [0.29, 0.717) is 16.3 Å². The first-order valence-corrected chi connectivity index (χ1v) is 16.7. The highest BCUT2D eigenvalue weighted by molar-refractivity contribution is 9.10. The van der Waals surface area contributed by atoms with E-state index in [1.165, 1.54) is 4.90 Å². The number of anilines is 1. The lowest BCUT2D eigenvalue weighted by molar-refractivity contribution is -0.140. The van der Waals surface area contributed by atoms with Crippen LogP contribution < -0.4 is 9.62 Å². The van der Waals surface area contributed by atoms with E-state index in [-0.39, 0.29) is 24.9 Å².